The van der Waals surface area contributed by atoms with Gasteiger partial charge in [-0.1, -0.05) is 38.1 Å². The highest BCUT2D eigenvalue weighted by Gasteiger charge is 2.11. The lowest BCUT2D eigenvalue weighted by molar-refractivity contribution is 0.813. The molecule has 0 saturated carbocycles. The molecule has 0 fully saturated rings. The van der Waals surface area contributed by atoms with E-state index < -0.39 is 0 Å². The van der Waals surface area contributed by atoms with Gasteiger partial charge in [0.1, 0.15) is 0 Å². The van der Waals surface area contributed by atoms with Crippen molar-refractivity contribution in [1.82, 2.24) is 15.5 Å². The van der Waals surface area contributed by atoms with Gasteiger partial charge in [-0.15, -0.1) is 0 Å². The van der Waals surface area contributed by atoms with Crippen LogP contribution in [0.4, 0.5) is 0 Å². The van der Waals surface area contributed by atoms with Crippen LogP contribution < -0.4 is 5.32 Å². The van der Waals surface area contributed by atoms with E-state index in [9.17, 15) is 0 Å². The number of hydrogen-bond donors (Lipinski definition) is 2. The van der Waals surface area contributed by atoms with Crippen LogP contribution in [0.2, 0.25) is 0 Å². The van der Waals surface area contributed by atoms with Gasteiger partial charge in [0.05, 0.1) is 5.69 Å². The van der Waals surface area contributed by atoms with E-state index in [2.05, 4.69) is 60.6 Å². The molecule has 0 saturated heterocycles. The first kappa shape index (κ1) is 12.8. The maximum atomic E-state index is 4.41. The Morgan fingerprint density at radius 1 is 1.22 bits per heavy atom. The van der Waals surface area contributed by atoms with Gasteiger partial charge in [0.15, 0.2) is 0 Å². The Kier molecular flexibility index (Phi) is 3.82. The van der Waals surface area contributed by atoms with Crippen LogP contribution in [-0.4, -0.2) is 17.2 Å². The zero-order chi connectivity index (χ0) is 13.1. The first-order chi connectivity index (χ1) is 8.63. The lowest BCUT2D eigenvalue weighted by Crippen LogP contribution is -2.06. The molecule has 0 aliphatic carbocycles. The summed E-state index contributed by atoms with van der Waals surface area (Å²) in [6.07, 6.45) is 0. The topological polar surface area (TPSA) is 40.7 Å². The predicted octanol–water partition coefficient (Wildman–Crippen LogP) is 3.23. The fourth-order valence-corrected chi connectivity index (χ4v) is 2.11. The van der Waals surface area contributed by atoms with E-state index in [1.165, 1.54) is 16.7 Å². The Bertz CT molecular complexity index is 509. The zero-order valence-electron chi connectivity index (χ0n) is 11.5. The average molecular weight is 243 g/mol. The van der Waals surface area contributed by atoms with Gasteiger partial charge in [0.2, 0.25) is 0 Å². The van der Waals surface area contributed by atoms with E-state index in [0.717, 1.165) is 17.9 Å². The standard InChI is InChI=1S/C15H21N3/c1-10(2)12-5-7-13(8-6-12)15-14(9-16-4)11(3)17-18-15/h5-8,10,16H,9H2,1-4H3,(H,17,18). The Balaban J connectivity index is 2.36. The maximum Gasteiger partial charge on any atom is 0.0968 e. The molecule has 0 bridgehead atoms. The Labute approximate surface area is 109 Å². The summed E-state index contributed by atoms with van der Waals surface area (Å²) in [5.74, 6) is 0.566. The number of nitrogens with one attached hydrogen (secondary N) is 2. The van der Waals surface area contributed by atoms with Crippen molar-refractivity contribution in [3.8, 4) is 11.3 Å². The molecule has 0 unspecified atom stereocenters. The smallest absolute Gasteiger partial charge is 0.0968 e. The first-order valence-electron chi connectivity index (χ1n) is 6.42. The number of aryl methyl sites for hydroxylation is 1. The van der Waals surface area contributed by atoms with E-state index in [4.69, 9.17) is 0 Å². The van der Waals surface area contributed by atoms with Gasteiger partial charge in [0, 0.05) is 23.4 Å². The minimum atomic E-state index is 0.566. The maximum absolute atomic E-state index is 4.41. The van der Waals surface area contributed by atoms with Crippen molar-refractivity contribution in [2.45, 2.75) is 33.2 Å². The lowest BCUT2D eigenvalue weighted by Gasteiger charge is -2.07. The van der Waals surface area contributed by atoms with Crippen molar-refractivity contribution in [2.75, 3.05) is 7.05 Å². The van der Waals surface area contributed by atoms with Gasteiger partial charge in [-0.2, -0.15) is 5.10 Å². The van der Waals surface area contributed by atoms with Crippen LogP contribution in [0.1, 0.15) is 36.6 Å². The molecule has 0 spiro atoms. The molecule has 0 aliphatic rings. The van der Waals surface area contributed by atoms with Crippen LogP contribution in [0, 0.1) is 6.92 Å². The highest BCUT2D eigenvalue weighted by molar-refractivity contribution is 5.64. The summed E-state index contributed by atoms with van der Waals surface area (Å²) >= 11 is 0. The number of benzene rings is 1. The molecule has 1 aromatic carbocycles. The average Bonchev–Trinajstić information content (AvgIpc) is 2.72. The second kappa shape index (κ2) is 5.36. The summed E-state index contributed by atoms with van der Waals surface area (Å²) < 4.78 is 0. The molecule has 1 aromatic heterocycles. The molecule has 96 valence electrons. The number of H-pyrrole nitrogens is 1. The minimum Gasteiger partial charge on any atom is -0.316 e. The second-order valence-electron chi connectivity index (χ2n) is 4.98. The molecule has 2 aromatic rings. The van der Waals surface area contributed by atoms with Crippen LogP contribution in [0.3, 0.4) is 0 Å². The van der Waals surface area contributed by atoms with Crippen LogP contribution in [0.25, 0.3) is 11.3 Å². The van der Waals surface area contributed by atoms with E-state index in [-0.39, 0.29) is 0 Å². The molecule has 0 atom stereocenters. The summed E-state index contributed by atoms with van der Waals surface area (Å²) in [5, 5.41) is 10.7. The summed E-state index contributed by atoms with van der Waals surface area (Å²) in [6.45, 7) is 7.32. The lowest BCUT2D eigenvalue weighted by atomic mass is 9.99. The molecule has 0 radical (unpaired) electrons. The number of hydrogen-bond acceptors (Lipinski definition) is 2. The van der Waals surface area contributed by atoms with E-state index >= 15 is 0 Å². The van der Waals surface area contributed by atoms with Gasteiger partial charge in [-0.25, -0.2) is 0 Å². The monoisotopic (exact) mass is 243 g/mol. The van der Waals surface area contributed by atoms with E-state index in [0.29, 0.717) is 5.92 Å². The molecule has 18 heavy (non-hydrogen) atoms. The zero-order valence-corrected chi connectivity index (χ0v) is 11.5. The summed E-state index contributed by atoms with van der Waals surface area (Å²) in [7, 11) is 1.96. The first-order valence-corrected chi connectivity index (χ1v) is 6.42. The van der Waals surface area contributed by atoms with Gasteiger partial charge < -0.3 is 5.32 Å². The van der Waals surface area contributed by atoms with Crippen LogP contribution in [0.5, 0.6) is 0 Å². The molecule has 0 amide bonds. The largest absolute Gasteiger partial charge is 0.316 e. The molecular weight excluding hydrogens is 222 g/mol. The Morgan fingerprint density at radius 3 is 2.44 bits per heavy atom. The van der Waals surface area contributed by atoms with Crippen molar-refractivity contribution in [2.24, 2.45) is 0 Å². The highest BCUT2D eigenvalue weighted by atomic mass is 15.1. The highest BCUT2D eigenvalue weighted by Crippen LogP contribution is 2.25. The molecular formula is C15H21N3. The van der Waals surface area contributed by atoms with Crippen LogP contribution in [-0.2, 0) is 6.54 Å². The number of rotatable bonds is 4. The molecule has 3 heteroatoms. The molecule has 3 nitrogen and oxygen atoms in total. The summed E-state index contributed by atoms with van der Waals surface area (Å²) in [5.41, 5.74) is 5.97. The van der Waals surface area contributed by atoms with E-state index in [1.54, 1.807) is 0 Å². The van der Waals surface area contributed by atoms with Gasteiger partial charge >= 0.3 is 0 Å². The van der Waals surface area contributed by atoms with Crippen molar-refractivity contribution in [1.29, 1.82) is 0 Å². The summed E-state index contributed by atoms with van der Waals surface area (Å²) in [4.78, 5) is 0. The van der Waals surface area contributed by atoms with Crippen molar-refractivity contribution >= 4 is 0 Å². The van der Waals surface area contributed by atoms with Crippen LogP contribution in [0.15, 0.2) is 24.3 Å². The Morgan fingerprint density at radius 2 is 1.89 bits per heavy atom. The van der Waals surface area contributed by atoms with Crippen molar-refractivity contribution in [3.05, 3.63) is 41.1 Å². The molecule has 0 aliphatic heterocycles. The molecule has 2 N–H and O–H groups in total. The quantitative estimate of drug-likeness (QED) is 0.865. The molecule has 1 heterocycles. The third-order valence-electron chi connectivity index (χ3n) is 3.28. The molecule has 2 rings (SSSR count). The van der Waals surface area contributed by atoms with Gasteiger partial charge in [-0.05, 0) is 25.5 Å². The van der Waals surface area contributed by atoms with Crippen molar-refractivity contribution in [3.63, 3.8) is 0 Å². The Hall–Kier alpha value is -1.61. The predicted molar refractivity (Wildman–Crippen MR) is 75.6 cm³/mol. The number of aromatic nitrogens is 2. The number of nitrogens with zero attached hydrogens (tertiary/aromatic N) is 1. The number of aromatic amines is 1. The third kappa shape index (κ3) is 2.46. The van der Waals surface area contributed by atoms with Gasteiger partial charge in [0.25, 0.3) is 0 Å². The SMILES string of the molecule is CNCc1c(-c2ccc(C(C)C)cc2)n[nH]c1C. The van der Waals surface area contributed by atoms with Crippen LogP contribution >= 0.6 is 0 Å². The fourth-order valence-electron chi connectivity index (χ4n) is 2.11. The minimum absolute atomic E-state index is 0.566. The third-order valence-corrected chi connectivity index (χ3v) is 3.28. The summed E-state index contributed by atoms with van der Waals surface area (Å²) in [6, 6.07) is 8.69. The van der Waals surface area contributed by atoms with Gasteiger partial charge in [-0.3, -0.25) is 5.10 Å². The van der Waals surface area contributed by atoms with Crippen molar-refractivity contribution < 1.29 is 0 Å². The fraction of sp³-hybridized carbons (Fsp3) is 0.400. The second-order valence-corrected chi connectivity index (χ2v) is 4.98. The van der Waals surface area contributed by atoms with E-state index in [1.807, 2.05) is 7.05 Å². The normalized spacial score (nSPS) is 11.2.